The number of hydrogen-bond donors (Lipinski definition) is 1. The molecule has 2 rings (SSSR count). The van der Waals surface area contributed by atoms with Gasteiger partial charge in [0.15, 0.2) is 4.60 Å². The Morgan fingerprint density at radius 2 is 2.18 bits per heavy atom. The van der Waals surface area contributed by atoms with Gasteiger partial charge in [-0.1, -0.05) is 28.9 Å². The van der Waals surface area contributed by atoms with Crippen molar-refractivity contribution in [1.82, 2.24) is 15.0 Å². The lowest BCUT2D eigenvalue weighted by Crippen LogP contribution is -2.05. The molecule has 0 spiro atoms. The van der Waals surface area contributed by atoms with E-state index in [2.05, 4.69) is 26.2 Å². The van der Waals surface area contributed by atoms with Crippen LogP contribution in [0.2, 0.25) is 5.02 Å². The molecule has 0 saturated heterocycles. The number of halogens is 2. The molecule has 0 bridgehead atoms. The quantitative estimate of drug-likeness (QED) is 0.927. The Bertz CT molecular complexity index is 531. The Morgan fingerprint density at radius 3 is 2.65 bits per heavy atom. The molecule has 1 unspecified atom stereocenters. The molecule has 1 aromatic carbocycles. The summed E-state index contributed by atoms with van der Waals surface area (Å²) < 4.78 is 2.39. The zero-order valence-corrected chi connectivity index (χ0v) is 11.8. The molecule has 4 nitrogen and oxygen atoms in total. The smallest absolute Gasteiger partial charge is 0.156 e. The predicted octanol–water partition coefficient (Wildman–Crippen LogP) is 2.92. The Morgan fingerprint density at radius 1 is 1.47 bits per heavy atom. The van der Waals surface area contributed by atoms with Gasteiger partial charge in [0.05, 0.1) is 0 Å². The van der Waals surface area contributed by atoms with Crippen molar-refractivity contribution in [1.29, 1.82) is 0 Å². The van der Waals surface area contributed by atoms with Crippen LogP contribution in [0.1, 0.15) is 18.5 Å². The van der Waals surface area contributed by atoms with Crippen LogP contribution in [0, 0.1) is 0 Å². The monoisotopic (exact) mass is 314 g/mol. The number of aryl methyl sites for hydroxylation is 1. The van der Waals surface area contributed by atoms with Gasteiger partial charge in [-0.05, 0) is 34.5 Å². The normalized spacial score (nSPS) is 12.8. The Labute approximate surface area is 113 Å². The third-order valence-corrected chi connectivity index (χ3v) is 3.41. The van der Waals surface area contributed by atoms with Crippen molar-refractivity contribution < 1.29 is 0 Å². The maximum atomic E-state index is 6.20. The molecule has 2 aromatic rings. The topological polar surface area (TPSA) is 56.7 Å². The van der Waals surface area contributed by atoms with Crippen molar-refractivity contribution in [3.8, 4) is 11.3 Å². The van der Waals surface area contributed by atoms with Crippen LogP contribution in [-0.2, 0) is 7.05 Å². The zero-order valence-electron chi connectivity index (χ0n) is 9.48. The van der Waals surface area contributed by atoms with E-state index in [9.17, 15) is 0 Å². The van der Waals surface area contributed by atoms with Crippen LogP contribution in [0.4, 0.5) is 0 Å². The van der Waals surface area contributed by atoms with Gasteiger partial charge in [-0.25, -0.2) is 4.68 Å². The number of benzene rings is 1. The summed E-state index contributed by atoms with van der Waals surface area (Å²) in [6.45, 7) is 1.91. The van der Waals surface area contributed by atoms with Gasteiger partial charge >= 0.3 is 0 Å². The maximum absolute atomic E-state index is 6.20. The fourth-order valence-corrected chi connectivity index (χ4v) is 2.59. The van der Waals surface area contributed by atoms with Gasteiger partial charge in [0.1, 0.15) is 5.69 Å². The Hall–Kier alpha value is -0.910. The summed E-state index contributed by atoms with van der Waals surface area (Å²) in [5.74, 6) is 0. The van der Waals surface area contributed by atoms with Crippen LogP contribution in [0.3, 0.4) is 0 Å². The van der Waals surface area contributed by atoms with Crippen molar-refractivity contribution in [2.75, 3.05) is 0 Å². The van der Waals surface area contributed by atoms with Crippen LogP contribution in [0.25, 0.3) is 11.3 Å². The molecule has 0 amide bonds. The summed E-state index contributed by atoms with van der Waals surface area (Å²) in [5.41, 5.74) is 8.60. The van der Waals surface area contributed by atoms with Crippen molar-refractivity contribution in [2.24, 2.45) is 12.8 Å². The van der Waals surface area contributed by atoms with Gasteiger partial charge in [-0.15, -0.1) is 5.10 Å². The first-order valence-corrected chi connectivity index (χ1v) is 6.28. The van der Waals surface area contributed by atoms with Crippen molar-refractivity contribution in [3.05, 3.63) is 33.4 Å². The van der Waals surface area contributed by atoms with Gasteiger partial charge in [0.25, 0.3) is 0 Å². The van der Waals surface area contributed by atoms with Crippen molar-refractivity contribution >= 4 is 27.5 Å². The molecule has 1 atom stereocenters. The molecule has 0 aliphatic carbocycles. The molecule has 1 aromatic heterocycles. The highest BCUT2D eigenvalue weighted by Crippen LogP contribution is 2.30. The van der Waals surface area contributed by atoms with E-state index in [0.717, 1.165) is 16.8 Å². The second-order valence-electron chi connectivity index (χ2n) is 3.88. The van der Waals surface area contributed by atoms with Crippen LogP contribution in [0.15, 0.2) is 22.8 Å². The first kappa shape index (κ1) is 12.5. The van der Waals surface area contributed by atoms with Crippen molar-refractivity contribution in [2.45, 2.75) is 13.0 Å². The first-order chi connectivity index (χ1) is 8.00. The predicted molar refractivity (Wildman–Crippen MR) is 71.8 cm³/mol. The van der Waals surface area contributed by atoms with E-state index in [-0.39, 0.29) is 6.04 Å². The molecule has 6 heteroatoms. The molecule has 2 N–H and O–H groups in total. The summed E-state index contributed by atoms with van der Waals surface area (Å²) in [4.78, 5) is 0. The average Bonchev–Trinajstić information content (AvgIpc) is 2.58. The fraction of sp³-hybridized carbons (Fsp3) is 0.273. The lowest BCUT2D eigenvalue weighted by Gasteiger charge is -2.10. The molecule has 0 radical (unpaired) electrons. The third kappa shape index (κ3) is 2.36. The second kappa shape index (κ2) is 4.76. The highest BCUT2D eigenvalue weighted by molar-refractivity contribution is 9.10. The fourth-order valence-electron chi connectivity index (χ4n) is 1.68. The highest BCUT2D eigenvalue weighted by atomic mass is 79.9. The summed E-state index contributed by atoms with van der Waals surface area (Å²) in [6.07, 6.45) is 0. The van der Waals surface area contributed by atoms with E-state index in [1.807, 2.05) is 32.2 Å². The first-order valence-electron chi connectivity index (χ1n) is 5.11. The van der Waals surface area contributed by atoms with E-state index in [1.54, 1.807) is 4.68 Å². The van der Waals surface area contributed by atoms with E-state index >= 15 is 0 Å². The highest BCUT2D eigenvalue weighted by Gasteiger charge is 2.13. The van der Waals surface area contributed by atoms with Gasteiger partial charge in [0.2, 0.25) is 0 Å². The lowest BCUT2D eigenvalue weighted by atomic mass is 10.1. The van der Waals surface area contributed by atoms with E-state index in [4.69, 9.17) is 17.3 Å². The summed E-state index contributed by atoms with van der Waals surface area (Å²) >= 11 is 9.56. The summed E-state index contributed by atoms with van der Waals surface area (Å²) in [5, 5.41) is 8.53. The minimum absolute atomic E-state index is 0.0790. The Balaban J connectivity index is 2.52. The molecule has 0 fully saturated rings. The van der Waals surface area contributed by atoms with Crippen LogP contribution in [-0.4, -0.2) is 15.0 Å². The van der Waals surface area contributed by atoms with Gasteiger partial charge in [-0.2, -0.15) is 0 Å². The van der Waals surface area contributed by atoms with Gasteiger partial charge in [-0.3, -0.25) is 0 Å². The molecule has 1 heterocycles. The molecular weight excluding hydrogens is 304 g/mol. The van der Waals surface area contributed by atoms with E-state index < -0.39 is 0 Å². The van der Waals surface area contributed by atoms with Crippen LogP contribution >= 0.6 is 27.5 Å². The molecule has 0 saturated carbocycles. The standard InChI is InChI=1S/C11H12BrClN4/c1-6(14)8-4-3-7(5-9(8)13)10-11(12)15-16-17(10)2/h3-6H,14H2,1-2H3. The second-order valence-corrected chi connectivity index (χ2v) is 5.04. The molecule has 0 aliphatic rings. The van der Waals surface area contributed by atoms with Gasteiger partial charge in [0, 0.05) is 23.7 Å². The summed E-state index contributed by atoms with van der Waals surface area (Å²) in [6, 6.07) is 5.70. The minimum Gasteiger partial charge on any atom is -0.324 e. The third-order valence-electron chi connectivity index (χ3n) is 2.55. The number of nitrogens with zero attached hydrogens (tertiary/aromatic N) is 3. The summed E-state index contributed by atoms with van der Waals surface area (Å²) in [7, 11) is 1.83. The van der Waals surface area contributed by atoms with Crippen LogP contribution in [0.5, 0.6) is 0 Å². The number of nitrogens with two attached hydrogens (primary N) is 1. The van der Waals surface area contributed by atoms with E-state index in [0.29, 0.717) is 9.63 Å². The number of rotatable bonds is 2. The molecule has 17 heavy (non-hydrogen) atoms. The van der Waals surface area contributed by atoms with Crippen molar-refractivity contribution in [3.63, 3.8) is 0 Å². The Kier molecular flexibility index (Phi) is 3.51. The number of aromatic nitrogens is 3. The molecule has 0 aliphatic heterocycles. The molecular formula is C11H12BrClN4. The van der Waals surface area contributed by atoms with Gasteiger partial charge < -0.3 is 5.73 Å². The zero-order chi connectivity index (χ0) is 12.6. The maximum Gasteiger partial charge on any atom is 0.156 e. The SMILES string of the molecule is CC(N)c1ccc(-c2c(Br)nnn2C)cc1Cl. The number of hydrogen-bond acceptors (Lipinski definition) is 3. The lowest BCUT2D eigenvalue weighted by molar-refractivity contribution is 0.720. The molecule has 90 valence electrons. The largest absolute Gasteiger partial charge is 0.324 e. The minimum atomic E-state index is -0.0790. The van der Waals surface area contributed by atoms with Crippen LogP contribution < -0.4 is 5.73 Å². The average molecular weight is 316 g/mol. The van der Waals surface area contributed by atoms with E-state index in [1.165, 1.54) is 0 Å².